The third kappa shape index (κ3) is 3.98. The van der Waals surface area contributed by atoms with E-state index in [1.165, 1.54) is 12.0 Å². The maximum atomic E-state index is 13.3. The van der Waals surface area contributed by atoms with Crippen molar-refractivity contribution >= 4 is 28.3 Å². The highest BCUT2D eigenvalue weighted by atomic mass is 16.5. The summed E-state index contributed by atoms with van der Waals surface area (Å²) in [6.07, 6.45) is 1.56. The highest BCUT2D eigenvalue weighted by Crippen LogP contribution is 2.27. The summed E-state index contributed by atoms with van der Waals surface area (Å²) in [5, 5.41) is 2.24. The molecule has 1 fully saturated rings. The van der Waals surface area contributed by atoms with Gasteiger partial charge in [-0.15, -0.1) is 0 Å². The van der Waals surface area contributed by atoms with Gasteiger partial charge < -0.3 is 14.5 Å². The number of hydrogen-bond donors (Lipinski definition) is 1. The molecule has 1 aliphatic heterocycles. The van der Waals surface area contributed by atoms with E-state index in [2.05, 4.69) is 18.2 Å². The second-order valence-corrected chi connectivity index (χ2v) is 7.26. The Labute approximate surface area is 160 Å². The minimum atomic E-state index is -0.137. The third-order valence-corrected chi connectivity index (χ3v) is 5.78. The SMILES string of the molecule is CCN(C(=O)[C@@H](C)[NH+]1CCC(C(=O)OC)CC1)c1cccc2ccccc12. The van der Waals surface area contributed by atoms with Crippen molar-refractivity contribution in [3.63, 3.8) is 0 Å². The van der Waals surface area contributed by atoms with Gasteiger partial charge in [0.1, 0.15) is 0 Å². The molecule has 0 aliphatic carbocycles. The Bertz CT molecular complexity index is 807. The number of benzene rings is 2. The third-order valence-electron chi connectivity index (χ3n) is 5.78. The number of likely N-dealkylation sites (N-methyl/N-ethyl adjacent to an activating group) is 1. The molecule has 0 aromatic heterocycles. The maximum absolute atomic E-state index is 13.3. The van der Waals surface area contributed by atoms with Gasteiger partial charge in [0, 0.05) is 24.8 Å². The summed E-state index contributed by atoms with van der Waals surface area (Å²) in [6, 6.07) is 14.1. The number of piperidine rings is 1. The van der Waals surface area contributed by atoms with Gasteiger partial charge in [0.15, 0.2) is 6.04 Å². The largest absolute Gasteiger partial charge is 0.469 e. The summed E-state index contributed by atoms with van der Waals surface area (Å²) in [6.45, 7) is 6.30. The minimum absolute atomic E-state index is 0.0265. The molecule has 1 aliphatic rings. The molecule has 0 unspecified atom stereocenters. The van der Waals surface area contributed by atoms with Crippen molar-refractivity contribution < 1.29 is 19.2 Å². The van der Waals surface area contributed by atoms with Crippen molar-refractivity contribution in [1.29, 1.82) is 0 Å². The number of nitrogens with zero attached hydrogens (tertiary/aromatic N) is 1. The van der Waals surface area contributed by atoms with Gasteiger partial charge >= 0.3 is 5.97 Å². The number of fused-ring (bicyclic) bond motifs is 1. The molecular weight excluding hydrogens is 340 g/mol. The second-order valence-electron chi connectivity index (χ2n) is 7.26. The quantitative estimate of drug-likeness (QED) is 0.821. The van der Waals surface area contributed by atoms with Crippen molar-refractivity contribution in [3.05, 3.63) is 42.5 Å². The number of esters is 1. The minimum Gasteiger partial charge on any atom is -0.469 e. The van der Waals surface area contributed by atoms with Crippen LogP contribution in [0.15, 0.2) is 42.5 Å². The molecule has 1 saturated heterocycles. The lowest BCUT2D eigenvalue weighted by molar-refractivity contribution is -0.919. The highest BCUT2D eigenvalue weighted by Gasteiger charge is 2.35. The zero-order chi connectivity index (χ0) is 19.4. The van der Waals surface area contributed by atoms with Crippen LogP contribution in [0.5, 0.6) is 0 Å². The second kappa shape index (κ2) is 8.53. The molecular formula is C22H29N2O3+. The van der Waals surface area contributed by atoms with Crippen LogP contribution < -0.4 is 9.80 Å². The first-order valence-corrected chi connectivity index (χ1v) is 9.78. The number of amides is 1. The fourth-order valence-electron chi connectivity index (χ4n) is 4.12. The fraction of sp³-hybridized carbons (Fsp3) is 0.455. The molecule has 5 nitrogen and oxygen atoms in total. The van der Waals surface area contributed by atoms with Crippen LogP contribution in [0.2, 0.25) is 0 Å². The zero-order valence-electron chi connectivity index (χ0n) is 16.4. The van der Waals surface area contributed by atoms with Crippen LogP contribution in [0.3, 0.4) is 0 Å². The van der Waals surface area contributed by atoms with Gasteiger partial charge in [0.25, 0.3) is 5.91 Å². The molecule has 5 heteroatoms. The highest BCUT2D eigenvalue weighted by molar-refractivity contribution is 6.04. The predicted octanol–water partition coefficient (Wildman–Crippen LogP) is 2.05. The first-order chi connectivity index (χ1) is 13.1. The number of nitrogens with one attached hydrogen (secondary N) is 1. The van der Waals surface area contributed by atoms with Crippen LogP contribution in [-0.4, -0.2) is 44.7 Å². The van der Waals surface area contributed by atoms with Gasteiger partial charge in [-0.2, -0.15) is 0 Å². The van der Waals surface area contributed by atoms with E-state index in [-0.39, 0.29) is 23.8 Å². The van der Waals surface area contributed by atoms with Gasteiger partial charge in [-0.1, -0.05) is 36.4 Å². The lowest BCUT2D eigenvalue weighted by atomic mass is 9.96. The van der Waals surface area contributed by atoms with Crippen molar-refractivity contribution in [1.82, 2.24) is 0 Å². The van der Waals surface area contributed by atoms with Crippen molar-refractivity contribution in [2.45, 2.75) is 32.7 Å². The Morgan fingerprint density at radius 2 is 1.81 bits per heavy atom. The molecule has 1 amide bonds. The van der Waals surface area contributed by atoms with Crippen molar-refractivity contribution in [2.24, 2.45) is 5.92 Å². The van der Waals surface area contributed by atoms with Gasteiger partial charge in [0.05, 0.1) is 31.8 Å². The summed E-state index contributed by atoms with van der Waals surface area (Å²) in [5.41, 5.74) is 0.969. The van der Waals surface area contributed by atoms with Crippen molar-refractivity contribution in [2.75, 3.05) is 31.6 Å². The number of carbonyl (C=O) groups excluding carboxylic acids is 2. The normalized spacial score (nSPS) is 20.9. The smallest absolute Gasteiger partial charge is 0.309 e. The Morgan fingerprint density at radius 3 is 2.48 bits per heavy atom. The number of ether oxygens (including phenoxy) is 1. The molecule has 144 valence electrons. The average molecular weight is 369 g/mol. The summed E-state index contributed by atoms with van der Waals surface area (Å²) in [4.78, 5) is 28.2. The monoisotopic (exact) mass is 369 g/mol. The number of likely N-dealkylation sites (tertiary alicyclic amines) is 1. The van der Waals surface area contributed by atoms with E-state index in [4.69, 9.17) is 4.74 Å². The molecule has 3 rings (SSSR count). The molecule has 1 atom stereocenters. The van der Waals surface area contributed by atoms with E-state index in [1.54, 1.807) is 0 Å². The molecule has 27 heavy (non-hydrogen) atoms. The topological polar surface area (TPSA) is 51.1 Å². The number of hydrogen-bond acceptors (Lipinski definition) is 3. The van der Waals surface area contributed by atoms with Gasteiger partial charge in [-0.25, -0.2) is 0 Å². The van der Waals surface area contributed by atoms with Crippen LogP contribution in [0.4, 0.5) is 5.69 Å². The zero-order valence-corrected chi connectivity index (χ0v) is 16.4. The van der Waals surface area contributed by atoms with Crippen LogP contribution in [-0.2, 0) is 14.3 Å². The number of anilines is 1. The van der Waals surface area contributed by atoms with Crippen LogP contribution in [0, 0.1) is 5.92 Å². The Kier molecular flexibility index (Phi) is 6.11. The van der Waals surface area contributed by atoms with E-state index in [0.717, 1.165) is 42.4 Å². The van der Waals surface area contributed by atoms with E-state index in [1.807, 2.05) is 43.0 Å². The van der Waals surface area contributed by atoms with Crippen LogP contribution in [0.1, 0.15) is 26.7 Å². The first kappa shape index (κ1) is 19.4. The lowest BCUT2D eigenvalue weighted by Crippen LogP contribution is -3.17. The number of methoxy groups -OCH3 is 1. The molecule has 0 saturated carbocycles. The summed E-state index contributed by atoms with van der Waals surface area (Å²) in [5.74, 6) is -0.0132. The number of carbonyl (C=O) groups is 2. The molecule has 0 spiro atoms. The van der Waals surface area contributed by atoms with E-state index >= 15 is 0 Å². The lowest BCUT2D eigenvalue weighted by Gasteiger charge is -2.34. The van der Waals surface area contributed by atoms with Gasteiger partial charge in [0.2, 0.25) is 0 Å². The van der Waals surface area contributed by atoms with E-state index < -0.39 is 0 Å². The van der Waals surface area contributed by atoms with Crippen LogP contribution in [0.25, 0.3) is 10.8 Å². The van der Waals surface area contributed by atoms with Crippen molar-refractivity contribution in [3.8, 4) is 0 Å². The van der Waals surface area contributed by atoms with Gasteiger partial charge in [-0.05, 0) is 25.3 Å². The number of rotatable bonds is 5. The predicted molar refractivity (Wildman–Crippen MR) is 107 cm³/mol. The molecule has 0 radical (unpaired) electrons. The first-order valence-electron chi connectivity index (χ1n) is 9.78. The molecule has 2 aromatic carbocycles. The van der Waals surface area contributed by atoms with Gasteiger partial charge in [-0.3, -0.25) is 9.59 Å². The fourth-order valence-corrected chi connectivity index (χ4v) is 4.12. The Balaban J connectivity index is 1.76. The Morgan fingerprint density at radius 1 is 1.15 bits per heavy atom. The van der Waals surface area contributed by atoms with E-state index in [9.17, 15) is 9.59 Å². The summed E-state index contributed by atoms with van der Waals surface area (Å²) < 4.78 is 4.86. The maximum Gasteiger partial charge on any atom is 0.309 e. The molecule has 2 aromatic rings. The standard InChI is InChI=1S/C22H28N2O3/c1-4-24(20-11-7-9-17-8-5-6-10-19(17)20)21(25)16(2)23-14-12-18(13-15-23)22(26)27-3/h5-11,16,18H,4,12-15H2,1-3H3/p+1/t16-/m1/s1. The number of quaternary nitrogens is 1. The van der Waals surface area contributed by atoms with Crippen LogP contribution >= 0.6 is 0 Å². The Hall–Kier alpha value is -2.40. The summed E-state index contributed by atoms with van der Waals surface area (Å²) >= 11 is 0. The molecule has 0 bridgehead atoms. The molecule has 1 N–H and O–H groups in total. The van der Waals surface area contributed by atoms with E-state index in [0.29, 0.717) is 6.54 Å². The summed E-state index contributed by atoms with van der Waals surface area (Å²) in [7, 11) is 1.44. The molecule has 1 heterocycles. The average Bonchev–Trinajstić information content (AvgIpc) is 2.73.